The van der Waals surface area contributed by atoms with Crippen LogP contribution < -0.4 is 10.1 Å². The summed E-state index contributed by atoms with van der Waals surface area (Å²) in [5.74, 6) is 0.261. The van der Waals surface area contributed by atoms with E-state index in [1.165, 1.54) is 0 Å². The van der Waals surface area contributed by atoms with Crippen molar-refractivity contribution in [1.29, 1.82) is 0 Å². The minimum atomic E-state index is -0.234. The van der Waals surface area contributed by atoms with Crippen LogP contribution in [-0.2, 0) is 4.79 Å². The van der Waals surface area contributed by atoms with Crippen molar-refractivity contribution >= 4 is 39.1 Å². The lowest BCUT2D eigenvalue weighted by Gasteiger charge is -2.08. The molecule has 0 aliphatic heterocycles. The van der Waals surface area contributed by atoms with Crippen LogP contribution in [0.2, 0.25) is 5.02 Å². The van der Waals surface area contributed by atoms with Crippen LogP contribution >= 0.6 is 27.5 Å². The number of carbonyl (C=O) groups excluding carboxylic acids is 1. The molecule has 0 saturated heterocycles. The number of para-hydroxylation sites is 1. The first-order chi connectivity index (χ1) is 9.15. The largest absolute Gasteiger partial charge is 0.482 e. The van der Waals surface area contributed by atoms with Crippen LogP contribution in [0.5, 0.6) is 5.75 Å². The number of nitrogens with one attached hydrogen (secondary N) is 1. The SMILES string of the molecule is O=C(COc1ccccc1Cl)Nc1ccc(Br)cc1. The number of hydrogen-bond donors (Lipinski definition) is 1. The molecule has 2 aromatic rings. The van der Waals surface area contributed by atoms with Crippen molar-refractivity contribution in [2.24, 2.45) is 0 Å². The average Bonchev–Trinajstić information content (AvgIpc) is 2.40. The van der Waals surface area contributed by atoms with Crippen molar-refractivity contribution in [3.63, 3.8) is 0 Å². The third-order valence-corrected chi connectivity index (χ3v) is 3.16. The van der Waals surface area contributed by atoms with Gasteiger partial charge in [0, 0.05) is 10.2 Å². The quantitative estimate of drug-likeness (QED) is 0.909. The highest BCUT2D eigenvalue weighted by molar-refractivity contribution is 9.10. The van der Waals surface area contributed by atoms with E-state index in [0.29, 0.717) is 10.8 Å². The molecular formula is C14H11BrClNO2. The Labute approximate surface area is 124 Å². The molecule has 0 atom stereocenters. The molecule has 0 fully saturated rings. The summed E-state index contributed by atoms with van der Waals surface area (Å²) in [6, 6.07) is 14.3. The number of amides is 1. The zero-order valence-corrected chi connectivity index (χ0v) is 12.2. The first-order valence-electron chi connectivity index (χ1n) is 5.58. The second-order valence-electron chi connectivity index (χ2n) is 3.77. The summed E-state index contributed by atoms with van der Waals surface area (Å²) in [6.45, 7) is -0.0835. The van der Waals surface area contributed by atoms with Crippen molar-refractivity contribution in [3.8, 4) is 5.75 Å². The molecule has 19 heavy (non-hydrogen) atoms. The molecule has 0 aromatic heterocycles. The lowest BCUT2D eigenvalue weighted by atomic mass is 10.3. The predicted molar refractivity (Wildman–Crippen MR) is 79.7 cm³/mol. The van der Waals surface area contributed by atoms with Crippen molar-refractivity contribution in [3.05, 3.63) is 58.0 Å². The Morgan fingerprint density at radius 1 is 1.16 bits per heavy atom. The van der Waals surface area contributed by atoms with Crippen molar-refractivity contribution in [1.82, 2.24) is 0 Å². The summed E-state index contributed by atoms with van der Waals surface area (Å²) in [5, 5.41) is 3.22. The number of hydrogen-bond acceptors (Lipinski definition) is 2. The van der Waals surface area contributed by atoms with E-state index in [1.807, 2.05) is 12.1 Å². The number of carbonyl (C=O) groups is 1. The molecule has 0 heterocycles. The van der Waals surface area contributed by atoms with Crippen LogP contribution in [0.15, 0.2) is 53.0 Å². The van der Waals surface area contributed by atoms with Gasteiger partial charge in [-0.15, -0.1) is 0 Å². The standard InChI is InChI=1S/C14H11BrClNO2/c15-10-5-7-11(8-6-10)17-14(18)9-19-13-4-2-1-3-12(13)16/h1-8H,9H2,(H,17,18). The van der Waals surface area contributed by atoms with E-state index in [2.05, 4.69) is 21.2 Å². The lowest BCUT2D eigenvalue weighted by molar-refractivity contribution is -0.118. The molecule has 0 bridgehead atoms. The fourth-order valence-electron chi connectivity index (χ4n) is 1.44. The monoisotopic (exact) mass is 339 g/mol. The molecule has 2 rings (SSSR count). The van der Waals surface area contributed by atoms with Crippen LogP contribution in [-0.4, -0.2) is 12.5 Å². The van der Waals surface area contributed by atoms with Gasteiger partial charge >= 0.3 is 0 Å². The zero-order valence-electron chi connectivity index (χ0n) is 9.90. The molecule has 0 saturated carbocycles. The molecule has 2 aromatic carbocycles. The third-order valence-electron chi connectivity index (χ3n) is 2.32. The van der Waals surface area contributed by atoms with Crippen LogP contribution in [0.3, 0.4) is 0 Å². The van der Waals surface area contributed by atoms with Gasteiger partial charge in [-0.25, -0.2) is 0 Å². The van der Waals surface area contributed by atoms with E-state index in [9.17, 15) is 4.79 Å². The Hall–Kier alpha value is -1.52. The zero-order chi connectivity index (χ0) is 13.7. The maximum absolute atomic E-state index is 11.7. The number of anilines is 1. The molecule has 5 heteroatoms. The Balaban J connectivity index is 1.88. The third kappa shape index (κ3) is 4.26. The van der Waals surface area contributed by atoms with E-state index in [-0.39, 0.29) is 12.5 Å². The molecule has 3 nitrogen and oxygen atoms in total. The van der Waals surface area contributed by atoms with Gasteiger partial charge < -0.3 is 10.1 Å². The first kappa shape index (κ1) is 13.9. The van der Waals surface area contributed by atoms with Gasteiger partial charge in [-0.2, -0.15) is 0 Å². The van der Waals surface area contributed by atoms with E-state index >= 15 is 0 Å². The Morgan fingerprint density at radius 3 is 2.53 bits per heavy atom. The predicted octanol–water partition coefficient (Wildman–Crippen LogP) is 4.12. The van der Waals surface area contributed by atoms with E-state index in [0.717, 1.165) is 10.2 Å². The lowest BCUT2D eigenvalue weighted by Crippen LogP contribution is -2.20. The van der Waals surface area contributed by atoms with Gasteiger partial charge in [0.15, 0.2) is 6.61 Å². The van der Waals surface area contributed by atoms with Crippen molar-refractivity contribution in [2.45, 2.75) is 0 Å². The number of rotatable bonds is 4. The van der Waals surface area contributed by atoms with Crippen LogP contribution in [0.25, 0.3) is 0 Å². The Morgan fingerprint density at radius 2 is 1.84 bits per heavy atom. The van der Waals surface area contributed by atoms with Crippen LogP contribution in [0, 0.1) is 0 Å². The second kappa shape index (κ2) is 6.59. The van der Waals surface area contributed by atoms with Crippen molar-refractivity contribution < 1.29 is 9.53 Å². The molecular weight excluding hydrogens is 330 g/mol. The van der Waals surface area contributed by atoms with Crippen LogP contribution in [0.4, 0.5) is 5.69 Å². The van der Waals surface area contributed by atoms with Gasteiger partial charge in [-0.3, -0.25) is 4.79 Å². The highest BCUT2D eigenvalue weighted by atomic mass is 79.9. The van der Waals surface area contributed by atoms with Gasteiger partial charge in [0.2, 0.25) is 0 Å². The fourth-order valence-corrected chi connectivity index (χ4v) is 1.89. The average molecular weight is 341 g/mol. The van der Waals surface area contributed by atoms with Crippen molar-refractivity contribution in [2.75, 3.05) is 11.9 Å². The molecule has 0 aliphatic carbocycles. The maximum Gasteiger partial charge on any atom is 0.262 e. The number of benzene rings is 2. The van der Waals surface area contributed by atoms with Gasteiger partial charge in [-0.05, 0) is 36.4 Å². The van der Waals surface area contributed by atoms with E-state index < -0.39 is 0 Å². The first-order valence-corrected chi connectivity index (χ1v) is 6.75. The normalized spacial score (nSPS) is 10.0. The molecule has 1 amide bonds. The van der Waals surface area contributed by atoms with E-state index in [1.54, 1.807) is 36.4 Å². The number of halogens is 2. The highest BCUT2D eigenvalue weighted by Crippen LogP contribution is 2.23. The smallest absolute Gasteiger partial charge is 0.262 e. The summed E-state index contributed by atoms with van der Waals surface area (Å²) < 4.78 is 6.30. The molecule has 0 radical (unpaired) electrons. The second-order valence-corrected chi connectivity index (χ2v) is 5.10. The minimum Gasteiger partial charge on any atom is -0.482 e. The molecule has 0 spiro atoms. The van der Waals surface area contributed by atoms with Gasteiger partial charge in [0.25, 0.3) is 5.91 Å². The molecule has 0 aliphatic rings. The number of ether oxygens (including phenoxy) is 1. The summed E-state index contributed by atoms with van der Waals surface area (Å²) >= 11 is 9.25. The minimum absolute atomic E-state index is 0.0835. The van der Waals surface area contributed by atoms with Gasteiger partial charge in [0.1, 0.15) is 5.75 Å². The van der Waals surface area contributed by atoms with Gasteiger partial charge in [0.05, 0.1) is 5.02 Å². The maximum atomic E-state index is 11.7. The fraction of sp³-hybridized carbons (Fsp3) is 0.0714. The Kier molecular flexibility index (Phi) is 4.82. The summed E-state index contributed by atoms with van der Waals surface area (Å²) in [4.78, 5) is 11.7. The summed E-state index contributed by atoms with van der Waals surface area (Å²) in [6.07, 6.45) is 0. The molecule has 98 valence electrons. The molecule has 1 N–H and O–H groups in total. The molecule has 0 unspecified atom stereocenters. The van der Waals surface area contributed by atoms with Gasteiger partial charge in [-0.1, -0.05) is 39.7 Å². The van der Waals surface area contributed by atoms with E-state index in [4.69, 9.17) is 16.3 Å². The summed E-state index contributed by atoms with van der Waals surface area (Å²) in [7, 11) is 0. The summed E-state index contributed by atoms with van der Waals surface area (Å²) in [5.41, 5.74) is 0.718. The topological polar surface area (TPSA) is 38.3 Å². The highest BCUT2D eigenvalue weighted by Gasteiger charge is 2.05. The Bertz CT molecular complexity index is 572. The van der Waals surface area contributed by atoms with Crippen LogP contribution in [0.1, 0.15) is 0 Å².